The third-order valence-corrected chi connectivity index (χ3v) is 4.99. The zero-order valence-electron chi connectivity index (χ0n) is 14.8. The monoisotopic (exact) mass is 410 g/mol. The number of carbonyl (C=O) groups excluding carboxylic acids is 2. The fourth-order valence-electron chi connectivity index (χ4n) is 3.16. The Morgan fingerprint density at radius 3 is 2.89 bits per heavy atom. The molecule has 0 saturated carbocycles. The van der Waals surface area contributed by atoms with E-state index in [1.165, 1.54) is 6.26 Å². The maximum absolute atomic E-state index is 12.7. The second kappa shape index (κ2) is 8.78. The lowest BCUT2D eigenvalue weighted by molar-refractivity contribution is -0.120. The lowest BCUT2D eigenvalue weighted by Crippen LogP contribution is -2.39. The van der Waals surface area contributed by atoms with Gasteiger partial charge in [0.2, 0.25) is 5.91 Å². The van der Waals surface area contributed by atoms with Gasteiger partial charge in [-0.3, -0.25) is 9.69 Å². The van der Waals surface area contributed by atoms with Crippen molar-refractivity contribution in [1.29, 1.82) is 0 Å². The second-order valence-corrected chi connectivity index (χ2v) is 7.06. The van der Waals surface area contributed by atoms with Crippen molar-refractivity contribution in [2.24, 2.45) is 0 Å². The van der Waals surface area contributed by atoms with Crippen LogP contribution in [-0.2, 0) is 16.1 Å². The first-order valence-electron chi connectivity index (χ1n) is 8.73. The molecule has 2 aromatic rings. The Kier molecular flexibility index (Phi) is 6.42. The molecule has 1 atom stereocenters. The van der Waals surface area contributed by atoms with E-state index >= 15 is 0 Å². The van der Waals surface area contributed by atoms with Crippen LogP contribution in [0.15, 0.2) is 34.9 Å². The summed E-state index contributed by atoms with van der Waals surface area (Å²) in [6.07, 6.45) is 3.05. The smallest absolute Gasteiger partial charge is 0.341 e. The fourth-order valence-corrected chi connectivity index (χ4v) is 3.61. The van der Waals surface area contributed by atoms with E-state index in [9.17, 15) is 9.59 Å². The molecule has 1 N–H and O–H groups in total. The van der Waals surface area contributed by atoms with Crippen molar-refractivity contribution >= 4 is 40.8 Å². The number of nitrogens with zero attached hydrogens (tertiary/aromatic N) is 1. The van der Waals surface area contributed by atoms with Crippen molar-refractivity contribution in [3.8, 4) is 0 Å². The first-order chi connectivity index (χ1) is 13.0. The first-order valence-corrected chi connectivity index (χ1v) is 9.48. The zero-order valence-corrected chi connectivity index (χ0v) is 16.3. The van der Waals surface area contributed by atoms with Crippen molar-refractivity contribution in [2.75, 3.05) is 18.5 Å². The highest BCUT2D eigenvalue weighted by Crippen LogP contribution is 2.28. The van der Waals surface area contributed by atoms with Crippen LogP contribution < -0.4 is 5.32 Å². The van der Waals surface area contributed by atoms with Gasteiger partial charge < -0.3 is 14.5 Å². The van der Waals surface area contributed by atoms with E-state index in [0.29, 0.717) is 46.6 Å². The fraction of sp³-hybridized carbons (Fsp3) is 0.368. The summed E-state index contributed by atoms with van der Waals surface area (Å²) in [5, 5.41) is 3.74. The topological polar surface area (TPSA) is 71.8 Å². The first kappa shape index (κ1) is 19.7. The Labute approximate surface area is 167 Å². The van der Waals surface area contributed by atoms with E-state index in [1.807, 2.05) is 4.90 Å². The number of amides is 1. The Morgan fingerprint density at radius 1 is 1.33 bits per heavy atom. The summed E-state index contributed by atoms with van der Waals surface area (Å²) in [5.74, 6) is -0.0759. The van der Waals surface area contributed by atoms with E-state index < -0.39 is 5.97 Å². The highest BCUT2D eigenvalue weighted by molar-refractivity contribution is 6.36. The van der Waals surface area contributed by atoms with Gasteiger partial charge in [0.05, 0.1) is 36.2 Å². The minimum atomic E-state index is -0.422. The molecule has 0 bridgehead atoms. The number of furan rings is 1. The van der Waals surface area contributed by atoms with Gasteiger partial charge in [-0.05, 0) is 50.6 Å². The molecule has 0 spiro atoms. The van der Waals surface area contributed by atoms with Crippen LogP contribution in [0.2, 0.25) is 10.0 Å². The van der Waals surface area contributed by atoms with E-state index in [0.717, 1.165) is 13.0 Å². The number of carbonyl (C=O) groups is 2. The number of likely N-dealkylation sites (tertiary alicyclic amines) is 1. The molecule has 8 heteroatoms. The molecule has 1 aliphatic heterocycles. The van der Waals surface area contributed by atoms with Crippen LogP contribution in [0, 0.1) is 0 Å². The summed E-state index contributed by atoms with van der Waals surface area (Å²) < 4.78 is 10.5. The van der Waals surface area contributed by atoms with E-state index in [-0.39, 0.29) is 11.9 Å². The molecule has 0 radical (unpaired) electrons. The van der Waals surface area contributed by atoms with E-state index in [2.05, 4.69) is 5.32 Å². The van der Waals surface area contributed by atoms with Gasteiger partial charge in [-0.1, -0.05) is 23.2 Å². The molecule has 144 valence electrons. The average molecular weight is 411 g/mol. The normalized spacial score (nSPS) is 17.1. The van der Waals surface area contributed by atoms with Crippen LogP contribution in [0.25, 0.3) is 0 Å². The van der Waals surface area contributed by atoms with Gasteiger partial charge >= 0.3 is 5.97 Å². The number of hydrogen-bond donors (Lipinski definition) is 1. The van der Waals surface area contributed by atoms with Gasteiger partial charge in [0.1, 0.15) is 11.3 Å². The largest absolute Gasteiger partial charge is 0.467 e. The molecule has 0 aliphatic carbocycles. The Balaban J connectivity index is 1.69. The van der Waals surface area contributed by atoms with Gasteiger partial charge in [0.15, 0.2) is 0 Å². The van der Waals surface area contributed by atoms with Gasteiger partial charge in [-0.25, -0.2) is 4.79 Å². The molecule has 1 saturated heterocycles. The van der Waals surface area contributed by atoms with E-state index in [4.69, 9.17) is 32.4 Å². The third-order valence-electron chi connectivity index (χ3n) is 4.44. The van der Waals surface area contributed by atoms with Crippen molar-refractivity contribution in [3.63, 3.8) is 0 Å². The minimum Gasteiger partial charge on any atom is -0.467 e. The molecule has 6 nitrogen and oxygen atoms in total. The van der Waals surface area contributed by atoms with E-state index in [1.54, 1.807) is 31.2 Å². The standard InChI is InChI=1S/C19H20Cl2N2O4/c1-2-26-19(25)13-7-9-27-17(13)11-23-8-3-4-16(23)18(24)22-15-6-5-12(20)10-14(15)21/h5-7,9-10,16H,2-4,8,11H2,1H3,(H,22,24)/t16-/m1/s1. The SMILES string of the molecule is CCOC(=O)c1ccoc1CN1CCC[C@@H]1C(=O)Nc1ccc(Cl)cc1Cl. The van der Waals surface area contributed by atoms with Crippen molar-refractivity contribution in [3.05, 3.63) is 51.9 Å². The average Bonchev–Trinajstić information content (AvgIpc) is 3.27. The summed E-state index contributed by atoms with van der Waals surface area (Å²) in [6.45, 7) is 3.13. The zero-order chi connectivity index (χ0) is 19.4. The van der Waals surface area contributed by atoms with Crippen molar-refractivity contribution < 1.29 is 18.7 Å². The molecule has 27 heavy (non-hydrogen) atoms. The van der Waals surface area contributed by atoms with Gasteiger partial charge in [0, 0.05) is 5.02 Å². The molecule has 1 aromatic carbocycles. The van der Waals surface area contributed by atoms with Crippen LogP contribution >= 0.6 is 23.2 Å². The lowest BCUT2D eigenvalue weighted by Gasteiger charge is -2.23. The quantitative estimate of drug-likeness (QED) is 0.715. The summed E-state index contributed by atoms with van der Waals surface area (Å²) >= 11 is 12.0. The minimum absolute atomic E-state index is 0.152. The Bertz CT molecular complexity index is 837. The highest BCUT2D eigenvalue weighted by Gasteiger charge is 2.32. The second-order valence-electron chi connectivity index (χ2n) is 6.22. The molecule has 0 unspecified atom stereocenters. The number of rotatable bonds is 6. The van der Waals surface area contributed by atoms with Crippen LogP contribution in [0.1, 0.15) is 35.9 Å². The predicted octanol–water partition coefficient (Wildman–Crippen LogP) is 4.37. The van der Waals surface area contributed by atoms with Crippen molar-refractivity contribution in [2.45, 2.75) is 32.4 Å². The van der Waals surface area contributed by atoms with Crippen molar-refractivity contribution in [1.82, 2.24) is 4.90 Å². The van der Waals surface area contributed by atoms with Gasteiger partial charge in [0.25, 0.3) is 0 Å². The van der Waals surface area contributed by atoms with Crippen LogP contribution in [0.5, 0.6) is 0 Å². The number of hydrogen-bond acceptors (Lipinski definition) is 5. The molecule has 1 aromatic heterocycles. The maximum atomic E-state index is 12.7. The van der Waals surface area contributed by atoms with Gasteiger partial charge in [-0.15, -0.1) is 0 Å². The number of nitrogens with one attached hydrogen (secondary N) is 1. The molecular formula is C19H20Cl2N2O4. The predicted molar refractivity (Wildman–Crippen MR) is 103 cm³/mol. The Hall–Kier alpha value is -2.02. The molecular weight excluding hydrogens is 391 g/mol. The molecule has 1 amide bonds. The van der Waals surface area contributed by atoms with Crippen LogP contribution in [0.3, 0.4) is 0 Å². The molecule has 3 rings (SSSR count). The molecule has 2 heterocycles. The van der Waals surface area contributed by atoms with Crippen LogP contribution in [0.4, 0.5) is 5.69 Å². The lowest BCUT2D eigenvalue weighted by atomic mass is 10.2. The van der Waals surface area contributed by atoms with Crippen LogP contribution in [-0.4, -0.2) is 36.0 Å². The Morgan fingerprint density at radius 2 is 2.15 bits per heavy atom. The number of halogens is 2. The number of ether oxygens (including phenoxy) is 1. The molecule has 1 fully saturated rings. The number of anilines is 1. The number of esters is 1. The summed E-state index contributed by atoms with van der Waals surface area (Å²) in [4.78, 5) is 26.7. The van der Waals surface area contributed by atoms with Gasteiger partial charge in [-0.2, -0.15) is 0 Å². The maximum Gasteiger partial charge on any atom is 0.341 e. The third kappa shape index (κ3) is 4.64. The summed E-state index contributed by atoms with van der Waals surface area (Å²) in [7, 11) is 0. The molecule has 1 aliphatic rings. The number of benzene rings is 1. The highest BCUT2D eigenvalue weighted by atomic mass is 35.5. The summed E-state index contributed by atoms with van der Waals surface area (Å²) in [5.41, 5.74) is 0.909. The summed E-state index contributed by atoms with van der Waals surface area (Å²) in [6, 6.07) is 6.18.